The summed E-state index contributed by atoms with van der Waals surface area (Å²) < 4.78 is 1.56. The first-order chi connectivity index (χ1) is 7.24. The molecule has 0 aliphatic rings. The number of aryl methyl sites for hydroxylation is 1. The molecule has 1 aromatic carbocycles. The molecule has 0 amide bonds. The fraction of sp³-hybridized carbons (Fsp3) is 0.0909. The molecule has 0 bridgehead atoms. The molecule has 2 aromatic rings. The number of nitrogens with two attached hydrogens (primary N) is 1. The summed E-state index contributed by atoms with van der Waals surface area (Å²) in [6.07, 6.45) is 0. The third-order valence-corrected chi connectivity index (χ3v) is 2.21. The van der Waals surface area contributed by atoms with Crippen LogP contribution in [0, 0.1) is 18.3 Å². The molecule has 2 rings (SSSR count). The molecular weight excluding hydrogens is 188 g/mol. The highest BCUT2D eigenvalue weighted by Crippen LogP contribution is 2.19. The minimum Gasteiger partial charge on any atom is -0.395 e. The van der Waals surface area contributed by atoms with Crippen molar-refractivity contribution in [3.63, 3.8) is 0 Å². The number of benzene rings is 1. The Balaban J connectivity index is 2.65. The molecule has 0 atom stereocenters. The van der Waals surface area contributed by atoms with Crippen molar-refractivity contribution in [1.82, 2.24) is 9.78 Å². The summed E-state index contributed by atoms with van der Waals surface area (Å²) in [6.45, 7) is 1.79. The van der Waals surface area contributed by atoms with Crippen LogP contribution in [0.2, 0.25) is 0 Å². The highest BCUT2D eigenvalue weighted by Gasteiger charge is 2.12. The van der Waals surface area contributed by atoms with Gasteiger partial charge in [-0.15, -0.1) is 0 Å². The molecule has 15 heavy (non-hydrogen) atoms. The third kappa shape index (κ3) is 1.44. The summed E-state index contributed by atoms with van der Waals surface area (Å²) in [5.74, 6) is 0. The zero-order valence-corrected chi connectivity index (χ0v) is 8.31. The molecule has 0 radical (unpaired) electrons. The van der Waals surface area contributed by atoms with E-state index in [4.69, 9.17) is 11.0 Å². The minimum absolute atomic E-state index is 0.388. The molecule has 0 spiro atoms. The van der Waals surface area contributed by atoms with E-state index in [1.54, 1.807) is 11.6 Å². The molecule has 0 saturated heterocycles. The Morgan fingerprint density at radius 3 is 2.60 bits per heavy atom. The van der Waals surface area contributed by atoms with Crippen molar-refractivity contribution in [2.45, 2.75) is 6.92 Å². The van der Waals surface area contributed by atoms with E-state index < -0.39 is 0 Å². The average Bonchev–Trinajstić information content (AvgIpc) is 2.56. The number of nitrogen functional groups attached to an aromatic ring is 1. The number of rotatable bonds is 1. The number of hydrogen-bond donors (Lipinski definition) is 1. The Morgan fingerprint density at radius 1 is 1.33 bits per heavy atom. The Bertz CT molecular complexity index is 520. The highest BCUT2D eigenvalue weighted by molar-refractivity contribution is 5.56. The second kappa shape index (κ2) is 3.46. The molecule has 1 heterocycles. The van der Waals surface area contributed by atoms with Crippen LogP contribution in [-0.4, -0.2) is 9.78 Å². The Hall–Kier alpha value is -2.28. The quantitative estimate of drug-likeness (QED) is 0.757. The van der Waals surface area contributed by atoms with Crippen molar-refractivity contribution in [1.29, 1.82) is 5.26 Å². The van der Waals surface area contributed by atoms with E-state index in [9.17, 15) is 0 Å². The second-order valence-electron chi connectivity index (χ2n) is 3.21. The lowest BCUT2D eigenvalue weighted by Crippen LogP contribution is -1.99. The van der Waals surface area contributed by atoms with E-state index in [-0.39, 0.29) is 0 Å². The van der Waals surface area contributed by atoms with Gasteiger partial charge in [0.1, 0.15) is 6.07 Å². The van der Waals surface area contributed by atoms with Gasteiger partial charge in [0.05, 0.1) is 17.1 Å². The van der Waals surface area contributed by atoms with E-state index in [2.05, 4.69) is 11.2 Å². The van der Waals surface area contributed by atoms with E-state index in [0.717, 1.165) is 5.69 Å². The summed E-state index contributed by atoms with van der Waals surface area (Å²) in [4.78, 5) is 0. The molecule has 0 saturated carbocycles. The molecule has 1 aromatic heterocycles. The van der Waals surface area contributed by atoms with Gasteiger partial charge in [0, 0.05) is 0 Å². The SMILES string of the molecule is Cc1nn(-c2ccccc2)c(C#N)c1N. The molecular formula is C11H10N4. The van der Waals surface area contributed by atoms with Crippen LogP contribution in [0.5, 0.6) is 0 Å². The van der Waals surface area contributed by atoms with Crippen LogP contribution in [0.1, 0.15) is 11.4 Å². The fourth-order valence-electron chi connectivity index (χ4n) is 1.40. The zero-order valence-electron chi connectivity index (χ0n) is 8.31. The molecule has 4 nitrogen and oxygen atoms in total. The number of nitriles is 1. The van der Waals surface area contributed by atoms with Crippen molar-refractivity contribution in [3.05, 3.63) is 41.7 Å². The van der Waals surface area contributed by atoms with Crippen molar-refractivity contribution < 1.29 is 0 Å². The van der Waals surface area contributed by atoms with E-state index in [1.807, 2.05) is 30.3 Å². The summed E-state index contributed by atoms with van der Waals surface area (Å²) in [7, 11) is 0. The summed E-state index contributed by atoms with van der Waals surface area (Å²) in [5, 5.41) is 13.2. The molecule has 2 N–H and O–H groups in total. The lowest BCUT2D eigenvalue weighted by atomic mass is 10.3. The number of hydrogen-bond acceptors (Lipinski definition) is 3. The topological polar surface area (TPSA) is 67.6 Å². The largest absolute Gasteiger partial charge is 0.395 e. The summed E-state index contributed by atoms with van der Waals surface area (Å²) in [5.41, 5.74) is 8.10. The van der Waals surface area contributed by atoms with Crippen LogP contribution in [-0.2, 0) is 0 Å². The molecule has 4 heteroatoms. The first-order valence-corrected chi connectivity index (χ1v) is 4.54. The van der Waals surface area contributed by atoms with E-state index in [1.165, 1.54) is 0 Å². The highest BCUT2D eigenvalue weighted by atomic mass is 15.3. The van der Waals surface area contributed by atoms with Gasteiger partial charge >= 0.3 is 0 Å². The number of anilines is 1. The van der Waals surface area contributed by atoms with Gasteiger partial charge in [0.15, 0.2) is 5.69 Å². The van der Waals surface area contributed by atoms with E-state index >= 15 is 0 Å². The fourth-order valence-corrected chi connectivity index (χ4v) is 1.40. The van der Waals surface area contributed by atoms with Crippen LogP contribution in [0.15, 0.2) is 30.3 Å². The lowest BCUT2D eigenvalue weighted by Gasteiger charge is -2.01. The number of nitrogens with zero attached hydrogens (tertiary/aromatic N) is 3. The van der Waals surface area contributed by atoms with E-state index in [0.29, 0.717) is 17.1 Å². The van der Waals surface area contributed by atoms with Gasteiger partial charge < -0.3 is 5.73 Å². The summed E-state index contributed by atoms with van der Waals surface area (Å²) in [6, 6.07) is 11.5. The van der Waals surface area contributed by atoms with Gasteiger partial charge in [0.2, 0.25) is 0 Å². The maximum atomic E-state index is 8.98. The van der Waals surface area contributed by atoms with Crippen molar-refractivity contribution >= 4 is 5.69 Å². The van der Waals surface area contributed by atoms with Crippen molar-refractivity contribution in [3.8, 4) is 11.8 Å². The Kier molecular flexibility index (Phi) is 2.14. The van der Waals surface area contributed by atoms with Crippen molar-refractivity contribution in [2.75, 3.05) is 5.73 Å². The smallest absolute Gasteiger partial charge is 0.167 e. The predicted octanol–water partition coefficient (Wildman–Crippen LogP) is 1.63. The van der Waals surface area contributed by atoms with Gasteiger partial charge in [-0.05, 0) is 19.1 Å². The number of para-hydroxylation sites is 1. The van der Waals surface area contributed by atoms with Gasteiger partial charge in [-0.1, -0.05) is 18.2 Å². The van der Waals surface area contributed by atoms with Gasteiger partial charge in [-0.25, -0.2) is 4.68 Å². The monoisotopic (exact) mass is 198 g/mol. The summed E-state index contributed by atoms with van der Waals surface area (Å²) >= 11 is 0. The lowest BCUT2D eigenvalue weighted by molar-refractivity contribution is 0.850. The first kappa shape index (κ1) is 9.28. The normalized spacial score (nSPS) is 9.87. The first-order valence-electron chi connectivity index (χ1n) is 4.54. The second-order valence-corrected chi connectivity index (χ2v) is 3.21. The average molecular weight is 198 g/mol. The molecule has 0 aliphatic carbocycles. The predicted molar refractivity (Wildman–Crippen MR) is 57.4 cm³/mol. The Morgan fingerprint density at radius 2 is 2.00 bits per heavy atom. The van der Waals surface area contributed by atoms with Crippen LogP contribution < -0.4 is 5.73 Å². The number of aromatic nitrogens is 2. The van der Waals surface area contributed by atoms with Crippen LogP contribution in [0.4, 0.5) is 5.69 Å². The third-order valence-electron chi connectivity index (χ3n) is 2.21. The molecule has 0 aliphatic heterocycles. The van der Waals surface area contributed by atoms with Crippen LogP contribution in [0.25, 0.3) is 5.69 Å². The van der Waals surface area contributed by atoms with Gasteiger partial charge in [-0.2, -0.15) is 10.4 Å². The minimum atomic E-state index is 0.388. The maximum absolute atomic E-state index is 8.98. The van der Waals surface area contributed by atoms with Gasteiger partial charge in [0.25, 0.3) is 0 Å². The Labute approximate surface area is 87.6 Å². The van der Waals surface area contributed by atoms with Crippen LogP contribution in [0.3, 0.4) is 0 Å². The molecule has 0 fully saturated rings. The van der Waals surface area contributed by atoms with Gasteiger partial charge in [-0.3, -0.25) is 0 Å². The van der Waals surface area contributed by atoms with Crippen LogP contribution >= 0.6 is 0 Å². The van der Waals surface area contributed by atoms with Crippen molar-refractivity contribution in [2.24, 2.45) is 0 Å². The molecule has 74 valence electrons. The molecule has 0 unspecified atom stereocenters. The zero-order chi connectivity index (χ0) is 10.8. The standard InChI is InChI=1S/C11H10N4/c1-8-11(13)10(7-12)15(14-8)9-5-3-2-4-6-9/h2-6H,13H2,1H3. The maximum Gasteiger partial charge on any atom is 0.167 e.